The number of ether oxygens (including phenoxy) is 1. The number of fused-ring (bicyclic) bond motifs is 5. The molecule has 0 unspecified atom stereocenters. The number of hydrogen-bond donors (Lipinski definition) is 0. The van der Waals surface area contributed by atoms with Crippen molar-refractivity contribution in [1.29, 1.82) is 0 Å². The molecule has 4 nitrogen and oxygen atoms in total. The molecule has 4 aromatic rings. The van der Waals surface area contributed by atoms with Crippen LogP contribution in [0.1, 0.15) is 40.8 Å². The van der Waals surface area contributed by atoms with Crippen LogP contribution in [0.2, 0.25) is 0 Å². The van der Waals surface area contributed by atoms with Crippen LogP contribution in [0.4, 0.5) is 0 Å². The summed E-state index contributed by atoms with van der Waals surface area (Å²) in [5, 5.41) is 0.975. The number of hydrogen-bond acceptors (Lipinski definition) is 3. The SMILES string of the molecule is Cc1ccc(S(=O)(=O)n2c3c(c4ccccc42)[C@@H]2OCC[C@@H]2[C@H]3c2ccccc2)cc1. The van der Waals surface area contributed by atoms with Crippen molar-refractivity contribution in [3.8, 4) is 0 Å². The van der Waals surface area contributed by atoms with Crippen molar-refractivity contribution in [2.45, 2.75) is 30.3 Å². The minimum atomic E-state index is -3.78. The lowest BCUT2D eigenvalue weighted by atomic mass is 9.86. The van der Waals surface area contributed by atoms with Gasteiger partial charge in [0.15, 0.2) is 0 Å². The summed E-state index contributed by atoms with van der Waals surface area (Å²) in [5.74, 6) is 0.229. The Kier molecular flexibility index (Phi) is 4.14. The van der Waals surface area contributed by atoms with E-state index in [0.717, 1.165) is 39.7 Å². The van der Waals surface area contributed by atoms with Crippen LogP contribution in [0.15, 0.2) is 83.8 Å². The molecule has 2 aliphatic rings. The topological polar surface area (TPSA) is 48.3 Å². The predicted octanol–water partition coefficient (Wildman–Crippen LogP) is 5.41. The highest BCUT2D eigenvalue weighted by Crippen LogP contribution is 2.57. The molecule has 0 amide bonds. The first-order valence-electron chi connectivity index (χ1n) is 10.7. The first-order chi connectivity index (χ1) is 15.1. The zero-order valence-electron chi connectivity index (χ0n) is 17.2. The zero-order valence-corrected chi connectivity index (χ0v) is 18.0. The molecule has 31 heavy (non-hydrogen) atoms. The normalized spacial score (nSPS) is 22.5. The maximum Gasteiger partial charge on any atom is 0.268 e. The van der Waals surface area contributed by atoms with E-state index in [1.165, 1.54) is 0 Å². The summed E-state index contributed by atoms with van der Waals surface area (Å²) in [6.45, 7) is 2.67. The van der Waals surface area contributed by atoms with E-state index in [0.29, 0.717) is 11.5 Å². The highest BCUT2D eigenvalue weighted by molar-refractivity contribution is 7.90. The molecular formula is C26H23NO3S. The van der Waals surface area contributed by atoms with Crippen LogP contribution in [-0.4, -0.2) is 19.0 Å². The van der Waals surface area contributed by atoms with Gasteiger partial charge >= 0.3 is 0 Å². The van der Waals surface area contributed by atoms with Gasteiger partial charge in [-0.25, -0.2) is 12.4 Å². The van der Waals surface area contributed by atoms with Crippen molar-refractivity contribution >= 4 is 20.9 Å². The van der Waals surface area contributed by atoms with Crippen molar-refractivity contribution in [1.82, 2.24) is 3.97 Å². The van der Waals surface area contributed by atoms with Gasteiger partial charge in [-0.2, -0.15) is 0 Å². The van der Waals surface area contributed by atoms with Gasteiger partial charge in [-0.15, -0.1) is 0 Å². The molecule has 0 saturated carbocycles. The lowest BCUT2D eigenvalue weighted by molar-refractivity contribution is 0.0979. The summed E-state index contributed by atoms with van der Waals surface area (Å²) in [5.41, 5.74) is 4.81. The van der Waals surface area contributed by atoms with Crippen LogP contribution in [0.5, 0.6) is 0 Å². The van der Waals surface area contributed by atoms with Crippen LogP contribution < -0.4 is 0 Å². The number of nitrogens with zero attached hydrogens (tertiary/aromatic N) is 1. The molecule has 1 fully saturated rings. The fourth-order valence-corrected chi connectivity index (χ4v) is 7.02. The summed E-state index contributed by atoms with van der Waals surface area (Å²) < 4.78 is 35.8. The van der Waals surface area contributed by atoms with Gasteiger partial charge in [0.1, 0.15) is 0 Å². The minimum Gasteiger partial charge on any atom is -0.373 e. The van der Waals surface area contributed by atoms with Crippen molar-refractivity contribution < 1.29 is 13.2 Å². The summed E-state index contributed by atoms with van der Waals surface area (Å²) in [6, 6.07) is 25.2. The molecule has 0 radical (unpaired) electrons. The molecule has 0 N–H and O–H groups in total. The minimum absolute atomic E-state index is 0.0173. The molecule has 0 bridgehead atoms. The molecule has 1 aliphatic heterocycles. The third kappa shape index (κ3) is 2.66. The number of aromatic nitrogens is 1. The number of aryl methyl sites for hydroxylation is 1. The summed E-state index contributed by atoms with van der Waals surface area (Å²) >= 11 is 0. The Bertz CT molecular complexity index is 1390. The van der Waals surface area contributed by atoms with E-state index in [1.807, 2.05) is 61.5 Å². The van der Waals surface area contributed by atoms with E-state index in [2.05, 4.69) is 12.1 Å². The van der Waals surface area contributed by atoms with E-state index < -0.39 is 10.0 Å². The smallest absolute Gasteiger partial charge is 0.268 e. The Morgan fingerprint density at radius 3 is 2.39 bits per heavy atom. The van der Waals surface area contributed by atoms with E-state index >= 15 is 0 Å². The van der Waals surface area contributed by atoms with E-state index in [1.54, 1.807) is 16.1 Å². The van der Waals surface area contributed by atoms with Gasteiger partial charge in [0.05, 0.1) is 16.5 Å². The van der Waals surface area contributed by atoms with Gasteiger partial charge < -0.3 is 4.74 Å². The van der Waals surface area contributed by atoms with E-state index in [-0.39, 0.29) is 17.9 Å². The molecule has 1 aromatic heterocycles. The standard InChI is InChI=1S/C26H23NO3S/c1-17-11-13-19(14-12-17)31(28,29)27-22-10-6-5-9-20(22)24-25(27)23(18-7-3-2-4-8-18)21-15-16-30-26(21)24/h2-14,21,23,26H,15-16H2,1H3/t21-,23-,26-/m1/s1. The Labute approximate surface area is 182 Å². The van der Waals surface area contributed by atoms with E-state index in [4.69, 9.17) is 4.74 Å². The average Bonchev–Trinajstić information content (AvgIpc) is 3.44. The van der Waals surface area contributed by atoms with Crippen LogP contribution in [0.3, 0.4) is 0 Å². The Morgan fingerprint density at radius 1 is 0.903 bits per heavy atom. The highest BCUT2D eigenvalue weighted by atomic mass is 32.2. The third-order valence-corrected chi connectivity index (χ3v) is 8.51. The lowest BCUT2D eigenvalue weighted by Crippen LogP contribution is -2.19. The van der Waals surface area contributed by atoms with Crippen LogP contribution in [0.25, 0.3) is 10.9 Å². The molecule has 156 valence electrons. The summed E-state index contributed by atoms with van der Waals surface area (Å²) in [6.07, 6.45) is 0.859. The third-order valence-electron chi connectivity index (χ3n) is 6.77. The molecule has 0 spiro atoms. The Hall–Kier alpha value is -2.89. The largest absolute Gasteiger partial charge is 0.373 e. The molecule has 6 rings (SSSR count). The van der Waals surface area contributed by atoms with Crippen molar-refractivity contribution in [2.75, 3.05) is 6.61 Å². The number of benzene rings is 3. The average molecular weight is 430 g/mol. The van der Waals surface area contributed by atoms with Crippen molar-refractivity contribution in [3.05, 3.63) is 101 Å². The summed E-state index contributed by atoms with van der Waals surface area (Å²) in [4.78, 5) is 0.312. The molecular weight excluding hydrogens is 406 g/mol. The highest BCUT2D eigenvalue weighted by Gasteiger charge is 2.50. The summed E-state index contributed by atoms with van der Waals surface area (Å²) in [7, 11) is -3.78. The fourth-order valence-electron chi connectivity index (χ4n) is 5.44. The molecule has 1 aliphatic carbocycles. The molecule has 5 heteroatoms. The fraction of sp³-hybridized carbons (Fsp3) is 0.231. The second-order valence-electron chi connectivity index (χ2n) is 8.53. The molecule has 2 heterocycles. The quantitative estimate of drug-likeness (QED) is 0.437. The molecule has 3 atom stereocenters. The zero-order chi connectivity index (χ0) is 21.2. The number of para-hydroxylation sites is 1. The van der Waals surface area contributed by atoms with Crippen LogP contribution in [-0.2, 0) is 14.8 Å². The van der Waals surface area contributed by atoms with Crippen LogP contribution >= 0.6 is 0 Å². The van der Waals surface area contributed by atoms with Gasteiger partial charge in [0, 0.05) is 35.1 Å². The van der Waals surface area contributed by atoms with Crippen molar-refractivity contribution in [2.24, 2.45) is 5.92 Å². The van der Waals surface area contributed by atoms with Crippen LogP contribution in [0, 0.1) is 12.8 Å². The lowest BCUT2D eigenvalue weighted by Gasteiger charge is -2.22. The molecule has 1 saturated heterocycles. The maximum atomic E-state index is 14.0. The number of rotatable bonds is 3. The van der Waals surface area contributed by atoms with Gasteiger partial charge in [-0.05, 0) is 37.1 Å². The monoisotopic (exact) mass is 429 g/mol. The maximum absolute atomic E-state index is 14.0. The second-order valence-corrected chi connectivity index (χ2v) is 10.3. The van der Waals surface area contributed by atoms with Gasteiger partial charge in [0.25, 0.3) is 10.0 Å². The van der Waals surface area contributed by atoms with Crippen molar-refractivity contribution in [3.63, 3.8) is 0 Å². The molecule has 3 aromatic carbocycles. The first kappa shape index (κ1) is 18.8. The Morgan fingerprint density at radius 2 is 1.61 bits per heavy atom. The second kappa shape index (κ2) is 6.81. The first-order valence-corrected chi connectivity index (χ1v) is 12.1. The predicted molar refractivity (Wildman–Crippen MR) is 121 cm³/mol. The van der Waals surface area contributed by atoms with Gasteiger partial charge in [-0.3, -0.25) is 0 Å². The van der Waals surface area contributed by atoms with E-state index in [9.17, 15) is 8.42 Å². The van der Waals surface area contributed by atoms with Gasteiger partial charge in [0.2, 0.25) is 0 Å². The van der Waals surface area contributed by atoms with Gasteiger partial charge in [-0.1, -0.05) is 66.2 Å². The Balaban J connectivity index is 1.69.